The van der Waals surface area contributed by atoms with Crippen molar-refractivity contribution in [3.8, 4) is 11.5 Å². The summed E-state index contributed by atoms with van der Waals surface area (Å²) in [7, 11) is 1.94. The Labute approximate surface area is 140 Å². The van der Waals surface area contributed by atoms with Gasteiger partial charge in [0.2, 0.25) is 11.8 Å². The van der Waals surface area contributed by atoms with Gasteiger partial charge in [0.1, 0.15) is 12.1 Å². The van der Waals surface area contributed by atoms with Gasteiger partial charge in [-0.1, -0.05) is 0 Å². The fourth-order valence-corrected chi connectivity index (χ4v) is 3.13. The summed E-state index contributed by atoms with van der Waals surface area (Å²) in [5.74, 6) is 0.695. The molecule has 1 N–H and O–H groups in total. The van der Waals surface area contributed by atoms with Gasteiger partial charge < -0.3 is 14.6 Å². The highest BCUT2D eigenvalue weighted by Gasteiger charge is 2.24. The van der Waals surface area contributed by atoms with Gasteiger partial charge in [-0.3, -0.25) is 4.79 Å². The number of rotatable bonds is 5. The van der Waals surface area contributed by atoms with Crippen LogP contribution in [0.15, 0.2) is 34.9 Å². The number of aromatic nitrogens is 1. The molecule has 0 saturated carbocycles. The normalized spacial score (nSPS) is 17.9. The third-order valence-corrected chi connectivity index (χ3v) is 4.34. The number of hydrogen-bond donors (Lipinski definition) is 1. The molecule has 3 rings (SSSR count). The van der Waals surface area contributed by atoms with E-state index < -0.39 is 0 Å². The second kappa shape index (κ2) is 7.57. The average molecular weight is 331 g/mol. The first-order chi connectivity index (χ1) is 11.7. The van der Waals surface area contributed by atoms with Gasteiger partial charge in [-0.15, -0.1) is 0 Å². The predicted octanol–water partition coefficient (Wildman–Crippen LogP) is 2.48. The Morgan fingerprint density at radius 1 is 1.42 bits per heavy atom. The third-order valence-electron chi connectivity index (χ3n) is 4.34. The van der Waals surface area contributed by atoms with Crippen molar-refractivity contribution in [2.45, 2.75) is 19.3 Å². The first-order valence-electron chi connectivity index (χ1n) is 8.28. The second-order valence-corrected chi connectivity index (χ2v) is 6.23. The van der Waals surface area contributed by atoms with Crippen LogP contribution in [0.25, 0.3) is 11.5 Å². The molecule has 0 bridgehead atoms. The number of carbonyl (C=O) groups is 1. The fourth-order valence-electron chi connectivity index (χ4n) is 3.13. The number of likely N-dealkylation sites (tertiary alicyclic amines) is 1. The molecule has 1 aromatic heterocycles. The SMILES string of the molecule is CNCC1CCCN(C(=O)Cc2coc(-c3ccc(F)cc3)n2)C1. The van der Waals surface area contributed by atoms with E-state index in [9.17, 15) is 9.18 Å². The molecule has 1 saturated heterocycles. The van der Waals surface area contributed by atoms with Gasteiger partial charge in [-0.25, -0.2) is 9.37 Å². The maximum Gasteiger partial charge on any atom is 0.228 e. The van der Waals surface area contributed by atoms with E-state index in [0.717, 1.165) is 32.5 Å². The van der Waals surface area contributed by atoms with Crippen molar-refractivity contribution in [3.05, 3.63) is 42.0 Å². The van der Waals surface area contributed by atoms with E-state index >= 15 is 0 Å². The molecule has 24 heavy (non-hydrogen) atoms. The van der Waals surface area contributed by atoms with E-state index in [-0.39, 0.29) is 18.1 Å². The molecule has 1 atom stereocenters. The minimum absolute atomic E-state index is 0.0785. The monoisotopic (exact) mass is 331 g/mol. The molecular formula is C18H22FN3O2. The van der Waals surface area contributed by atoms with Crippen molar-refractivity contribution < 1.29 is 13.6 Å². The van der Waals surface area contributed by atoms with Crippen LogP contribution in [0.5, 0.6) is 0 Å². The molecule has 128 valence electrons. The number of oxazole rings is 1. The van der Waals surface area contributed by atoms with Crippen LogP contribution in [-0.4, -0.2) is 42.5 Å². The van der Waals surface area contributed by atoms with Crippen LogP contribution in [0.2, 0.25) is 0 Å². The van der Waals surface area contributed by atoms with Crippen LogP contribution in [0.3, 0.4) is 0 Å². The lowest BCUT2D eigenvalue weighted by atomic mass is 9.97. The van der Waals surface area contributed by atoms with Gasteiger partial charge >= 0.3 is 0 Å². The Hall–Kier alpha value is -2.21. The lowest BCUT2D eigenvalue weighted by Crippen LogP contribution is -2.43. The van der Waals surface area contributed by atoms with E-state index in [1.165, 1.54) is 18.4 Å². The molecule has 1 aliphatic rings. The Balaban J connectivity index is 1.61. The molecule has 0 spiro atoms. The van der Waals surface area contributed by atoms with Gasteiger partial charge in [0.25, 0.3) is 0 Å². The van der Waals surface area contributed by atoms with Gasteiger partial charge in [0.05, 0.1) is 12.1 Å². The molecule has 5 nitrogen and oxygen atoms in total. The van der Waals surface area contributed by atoms with Crippen molar-refractivity contribution in [1.29, 1.82) is 0 Å². The van der Waals surface area contributed by atoms with E-state index in [1.54, 1.807) is 12.1 Å². The van der Waals surface area contributed by atoms with Crippen molar-refractivity contribution in [2.75, 3.05) is 26.7 Å². The number of halogens is 1. The van der Waals surface area contributed by atoms with Crippen LogP contribution in [0, 0.1) is 11.7 Å². The first kappa shape index (κ1) is 16.6. The molecule has 1 aromatic carbocycles. The van der Waals surface area contributed by atoms with Gasteiger partial charge in [-0.2, -0.15) is 0 Å². The number of hydrogen-bond acceptors (Lipinski definition) is 4. The third kappa shape index (κ3) is 4.00. The Morgan fingerprint density at radius 3 is 2.96 bits per heavy atom. The largest absolute Gasteiger partial charge is 0.444 e. The predicted molar refractivity (Wildman–Crippen MR) is 88.8 cm³/mol. The zero-order valence-corrected chi connectivity index (χ0v) is 13.8. The lowest BCUT2D eigenvalue weighted by molar-refractivity contribution is -0.132. The van der Waals surface area contributed by atoms with Crippen LogP contribution in [0.1, 0.15) is 18.5 Å². The van der Waals surface area contributed by atoms with E-state index in [2.05, 4.69) is 10.3 Å². The highest BCUT2D eigenvalue weighted by Crippen LogP contribution is 2.20. The highest BCUT2D eigenvalue weighted by atomic mass is 19.1. The summed E-state index contributed by atoms with van der Waals surface area (Å²) in [4.78, 5) is 18.7. The number of nitrogens with one attached hydrogen (secondary N) is 1. The summed E-state index contributed by atoms with van der Waals surface area (Å²) >= 11 is 0. The van der Waals surface area contributed by atoms with Gasteiger partial charge in [0.15, 0.2) is 0 Å². The number of amides is 1. The van der Waals surface area contributed by atoms with Gasteiger partial charge in [-0.05, 0) is 56.6 Å². The molecule has 1 unspecified atom stereocenters. The quantitative estimate of drug-likeness (QED) is 0.914. The first-order valence-corrected chi connectivity index (χ1v) is 8.28. The van der Waals surface area contributed by atoms with Crippen molar-refractivity contribution in [2.24, 2.45) is 5.92 Å². The zero-order chi connectivity index (χ0) is 16.9. The maximum absolute atomic E-state index is 13.0. The standard InChI is InChI=1S/C18H22FN3O2/c1-20-10-13-3-2-8-22(11-13)17(23)9-16-12-24-18(21-16)14-4-6-15(19)7-5-14/h4-7,12-13,20H,2-3,8-11H2,1H3. The highest BCUT2D eigenvalue weighted by molar-refractivity contribution is 5.78. The van der Waals surface area contributed by atoms with Crippen LogP contribution in [0.4, 0.5) is 4.39 Å². The molecular weight excluding hydrogens is 309 g/mol. The molecule has 2 aromatic rings. The number of nitrogens with zero attached hydrogens (tertiary/aromatic N) is 2. The van der Waals surface area contributed by atoms with E-state index in [4.69, 9.17) is 4.42 Å². The minimum Gasteiger partial charge on any atom is -0.444 e. The molecule has 0 aliphatic carbocycles. The maximum atomic E-state index is 13.0. The van der Waals surface area contributed by atoms with Crippen molar-refractivity contribution in [1.82, 2.24) is 15.2 Å². The molecule has 2 heterocycles. The summed E-state index contributed by atoms with van der Waals surface area (Å²) in [6.45, 7) is 2.53. The average Bonchev–Trinajstić information content (AvgIpc) is 3.04. The van der Waals surface area contributed by atoms with Gasteiger partial charge in [0, 0.05) is 18.7 Å². The molecule has 6 heteroatoms. The van der Waals surface area contributed by atoms with Crippen LogP contribution >= 0.6 is 0 Å². The summed E-state index contributed by atoms with van der Waals surface area (Å²) in [5, 5.41) is 3.18. The fraction of sp³-hybridized carbons (Fsp3) is 0.444. The van der Waals surface area contributed by atoms with E-state index in [1.807, 2.05) is 11.9 Å². The summed E-state index contributed by atoms with van der Waals surface area (Å²) in [5.41, 5.74) is 1.30. The van der Waals surface area contributed by atoms with Crippen molar-refractivity contribution >= 4 is 5.91 Å². The minimum atomic E-state index is -0.304. The second-order valence-electron chi connectivity index (χ2n) is 6.23. The number of benzene rings is 1. The van der Waals surface area contributed by atoms with Crippen molar-refractivity contribution in [3.63, 3.8) is 0 Å². The lowest BCUT2D eigenvalue weighted by Gasteiger charge is -2.32. The van der Waals surface area contributed by atoms with E-state index in [0.29, 0.717) is 23.1 Å². The smallest absolute Gasteiger partial charge is 0.228 e. The molecule has 1 aliphatic heterocycles. The molecule has 0 radical (unpaired) electrons. The Kier molecular flexibility index (Phi) is 5.25. The number of carbonyl (C=O) groups excluding carboxylic acids is 1. The Bertz CT molecular complexity index is 682. The number of piperidine rings is 1. The van der Waals surface area contributed by atoms with Crippen LogP contribution in [-0.2, 0) is 11.2 Å². The molecule has 1 fully saturated rings. The summed E-state index contributed by atoms with van der Waals surface area (Å²) in [6.07, 6.45) is 3.93. The summed E-state index contributed by atoms with van der Waals surface area (Å²) < 4.78 is 18.4. The topological polar surface area (TPSA) is 58.4 Å². The Morgan fingerprint density at radius 2 is 2.21 bits per heavy atom. The summed E-state index contributed by atoms with van der Waals surface area (Å²) in [6, 6.07) is 5.94. The van der Waals surface area contributed by atoms with Crippen LogP contribution < -0.4 is 5.32 Å². The molecule has 1 amide bonds. The zero-order valence-electron chi connectivity index (χ0n) is 13.8.